The van der Waals surface area contributed by atoms with Gasteiger partial charge in [-0.25, -0.2) is 0 Å². The van der Waals surface area contributed by atoms with Crippen molar-refractivity contribution in [3.63, 3.8) is 0 Å². The van der Waals surface area contributed by atoms with E-state index < -0.39 is 0 Å². The Balaban J connectivity index is 2.29. The minimum atomic E-state index is -0.0319. The van der Waals surface area contributed by atoms with Crippen molar-refractivity contribution in [1.29, 1.82) is 5.26 Å². The first kappa shape index (κ1) is 12.4. The summed E-state index contributed by atoms with van der Waals surface area (Å²) in [4.78, 5) is 4.85. The van der Waals surface area contributed by atoms with Gasteiger partial charge in [-0.05, 0) is 20.9 Å². The van der Waals surface area contributed by atoms with E-state index in [4.69, 9.17) is 5.26 Å². The van der Waals surface area contributed by atoms with Gasteiger partial charge in [-0.3, -0.25) is 9.80 Å². The predicted octanol–water partition coefficient (Wildman–Crippen LogP) is 0.124. The topological polar surface area (TPSA) is 42.3 Å². The molecule has 4 heteroatoms. The molecular weight excluding hydrogens is 188 g/mol. The second-order valence-electron chi connectivity index (χ2n) is 4.40. The summed E-state index contributed by atoms with van der Waals surface area (Å²) >= 11 is 0. The molecule has 15 heavy (non-hydrogen) atoms. The van der Waals surface area contributed by atoms with E-state index in [-0.39, 0.29) is 6.04 Å². The van der Waals surface area contributed by atoms with Gasteiger partial charge in [0.25, 0.3) is 0 Å². The molecule has 4 nitrogen and oxygen atoms in total. The highest BCUT2D eigenvalue weighted by molar-refractivity contribution is 4.92. The molecule has 1 fully saturated rings. The van der Waals surface area contributed by atoms with Crippen LogP contribution >= 0.6 is 0 Å². The molecule has 1 unspecified atom stereocenters. The molecule has 1 N–H and O–H groups in total. The molecular formula is C11H22N4. The highest BCUT2D eigenvalue weighted by Gasteiger charge is 2.20. The first-order valence-electron chi connectivity index (χ1n) is 5.70. The van der Waals surface area contributed by atoms with Crippen molar-refractivity contribution in [2.24, 2.45) is 0 Å². The van der Waals surface area contributed by atoms with Crippen LogP contribution in [-0.2, 0) is 0 Å². The van der Waals surface area contributed by atoms with E-state index in [0.717, 1.165) is 32.7 Å². The van der Waals surface area contributed by atoms with E-state index in [1.54, 1.807) is 0 Å². The maximum Gasteiger partial charge on any atom is 0.108 e. The maximum atomic E-state index is 8.85. The van der Waals surface area contributed by atoms with Gasteiger partial charge in [-0.2, -0.15) is 5.26 Å². The Morgan fingerprint density at radius 1 is 1.27 bits per heavy atom. The van der Waals surface area contributed by atoms with Crippen molar-refractivity contribution in [1.82, 2.24) is 15.1 Å². The van der Waals surface area contributed by atoms with Gasteiger partial charge in [-0.1, -0.05) is 0 Å². The quantitative estimate of drug-likeness (QED) is 0.716. The molecule has 0 bridgehead atoms. The van der Waals surface area contributed by atoms with E-state index in [1.807, 2.05) is 7.05 Å². The lowest BCUT2D eigenvalue weighted by molar-refractivity contribution is 0.106. The molecule has 0 aliphatic carbocycles. The molecule has 1 aliphatic heterocycles. The summed E-state index contributed by atoms with van der Waals surface area (Å²) in [5.74, 6) is 0. The maximum absolute atomic E-state index is 8.85. The number of hydrogen-bond donors (Lipinski definition) is 1. The number of hydrogen-bond acceptors (Lipinski definition) is 4. The first-order chi connectivity index (χ1) is 7.17. The second kappa shape index (κ2) is 6.06. The summed E-state index contributed by atoms with van der Waals surface area (Å²) in [6, 6.07) is 2.88. The van der Waals surface area contributed by atoms with Crippen LogP contribution in [0.1, 0.15) is 13.8 Å². The average Bonchev–Trinajstić information content (AvgIpc) is 2.26. The van der Waals surface area contributed by atoms with Crippen molar-refractivity contribution in [2.45, 2.75) is 25.9 Å². The fourth-order valence-corrected chi connectivity index (χ4v) is 1.92. The highest BCUT2D eigenvalue weighted by atomic mass is 15.3. The molecule has 0 radical (unpaired) electrons. The summed E-state index contributed by atoms with van der Waals surface area (Å²) in [6.07, 6.45) is 0. The zero-order chi connectivity index (χ0) is 11.3. The number of piperazine rings is 1. The van der Waals surface area contributed by atoms with Crippen LogP contribution in [0, 0.1) is 11.3 Å². The third-order valence-electron chi connectivity index (χ3n) is 3.08. The highest BCUT2D eigenvalue weighted by Crippen LogP contribution is 2.05. The molecule has 1 atom stereocenters. The molecule has 1 aliphatic rings. The molecule has 0 aromatic carbocycles. The monoisotopic (exact) mass is 210 g/mol. The van der Waals surface area contributed by atoms with Crippen LogP contribution < -0.4 is 5.32 Å². The number of nitrogens with one attached hydrogen (secondary N) is 1. The first-order valence-corrected chi connectivity index (χ1v) is 5.70. The van der Waals surface area contributed by atoms with Gasteiger partial charge in [-0.15, -0.1) is 0 Å². The summed E-state index contributed by atoms with van der Waals surface area (Å²) in [5, 5.41) is 11.9. The van der Waals surface area contributed by atoms with Gasteiger partial charge in [0.05, 0.1) is 6.07 Å². The summed E-state index contributed by atoms with van der Waals surface area (Å²) in [5.41, 5.74) is 0. The number of likely N-dealkylation sites (N-methyl/N-ethyl adjacent to an activating group) is 1. The second-order valence-corrected chi connectivity index (χ2v) is 4.40. The van der Waals surface area contributed by atoms with Crippen LogP contribution in [0.3, 0.4) is 0 Å². The van der Waals surface area contributed by atoms with E-state index >= 15 is 0 Å². The van der Waals surface area contributed by atoms with Crippen molar-refractivity contribution in [3.8, 4) is 6.07 Å². The Morgan fingerprint density at radius 3 is 2.27 bits per heavy atom. The fourth-order valence-electron chi connectivity index (χ4n) is 1.92. The van der Waals surface area contributed by atoms with E-state index in [0.29, 0.717) is 6.04 Å². The number of nitrogens with zero attached hydrogens (tertiary/aromatic N) is 3. The van der Waals surface area contributed by atoms with Crippen LogP contribution in [0.2, 0.25) is 0 Å². The number of nitriles is 1. The molecule has 1 saturated heterocycles. The Bertz CT molecular complexity index is 213. The third-order valence-corrected chi connectivity index (χ3v) is 3.08. The normalized spacial score (nSPS) is 21.5. The van der Waals surface area contributed by atoms with Gasteiger partial charge in [0, 0.05) is 38.8 Å². The van der Waals surface area contributed by atoms with E-state index in [1.165, 1.54) is 0 Å². The van der Waals surface area contributed by atoms with Gasteiger partial charge < -0.3 is 5.32 Å². The molecule has 1 heterocycles. The lowest BCUT2D eigenvalue weighted by Gasteiger charge is -2.37. The molecule has 0 aromatic heterocycles. The Morgan fingerprint density at radius 2 is 1.87 bits per heavy atom. The van der Waals surface area contributed by atoms with Gasteiger partial charge in [0.15, 0.2) is 0 Å². The van der Waals surface area contributed by atoms with Crippen molar-refractivity contribution in [2.75, 3.05) is 39.8 Å². The molecule has 0 amide bonds. The zero-order valence-corrected chi connectivity index (χ0v) is 10.0. The molecule has 1 rings (SSSR count). The van der Waals surface area contributed by atoms with E-state index in [9.17, 15) is 0 Å². The lowest BCUT2D eigenvalue weighted by Crippen LogP contribution is -2.51. The van der Waals surface area contributed by atoms with Crippen molar-refractivity contribution >= 4 is 0 Å². The standard InChI is InChI=1S/C11H22N4/c1-10(2)15-6-4-14(5-7-15)9-11(8-12)13-3/h10-11,13H,4-7,9H2,1-3H3. The largest absolute Gasteiger partial charge is 0.304 e. The SMILES string of the molecule is CNC(C#N)CN1CCN(C(C)C)CC1. The predicted molar refractivity (Wildman–Crippen MR) is 61.6 cm³/mol. The van der Waals surface area contributed by atoms with Crippen LogP contribution in [0.5, 0.6) is 0 Å². The molecule has 86 valence electrons. The van der Waals surface area contributed by atoms with Gasteiger partial charge in [0.1, 0.15) is 6.04 Å². The lowest BCUT2D eigenvalue weighted by atomic mass is 10.2. The van der Waals surface area contributed by atoms with Crippen molar-refractivity contribution in [3.05, 3.63) is 0 Å². The smallest absolute Gasteiger partial charge is 0.108 e. The summed E-state index contributed by atoms with van der Waals surface area (Å²) in [6.45, 7) is 9.73. The minimum absolute atomic E-state index is 0.0319. The van der Waals surface area contributed by atoms with Crippen LogP contribution in [-0.4, -0.2) is 61.7 Å². The molecule has 0 aromatic rings. The van der Waals surface area contributed by atoms with Crippen LogP contribution in [0.15, 0.2) is 0 Å². The Labute approximate surface area is 92.8 Å². The van der Waals surface area contributed by atoms with E-state index in [2.05, 4.69) is 35.0 Å². The fraction of sp³-hybridized carbons (Fsp3) is 0.909. The molecule has 0 saturated carbocycles. The molecule has 0 spiro atoms. The zero-order valence-electron chi connectivity index (χ0n) is 10.0. The number of rotatable bonds is 4. The Kier molecular flexibility index (Phi) is 5.03. The Hall–Kier alpha value is -0.630. The van der Waals surface area contributed by atoms with Gasteiger partial charge in [0.2, 0.25) is 0 Å². The van der Waals surface area contributed by atoms with Crippen LogP contribution in [0.25, 0.3) is 0 Å². The van der Waals surface area contributed by atoms with Crippen LogP contribution in [0.4, 0.5) is 0 Å². The minimum Gasteiger partial charge on any atom is -0.304 e. The van der Waals surface area contributed by atoms with Gasteiger partial charge >= 0.3 is 0 Å². The summed E-state index contributed by atoms with van der Waals surface area (Å²) in [7, 11) is 1.85. The third kappa shape index (κ3) is 3.78. The average molecular weight is 210 g/mol. The summed E-state index contributed by atoms with van der Waals surface area (Å²) < 4.78 is 0. The van der Waals surface area contributed by atoms with Crippen molar-refractivity contribution < 1.29 is 0 Å².